The summed E-state index contributed by atoms with van der Waals surface area (Å²) >= 11 is 0. The number of rotatable bonds is 3. The number of fused-ring (bicyclic) bond motifs is 1. The van der Waals surface area contributed by atoms with Crippen molar-refractivity contribution in [3.8, 4) is 17.5 Å². The highest BCUT2D eigenvalue weighted by Crippen LogP contribution is 2.17. The van der Waals surface area contributed by atoms with Crippen LogP contribution in [0.3, 0.4) is 0 Å². The van der Waals surface area contributed by atoms with Gasteiger partial charge in [0.1, 0.15) is 11.2 Å². The van der Waals surface area contributed by atoms with E-state index in [1.54, 1.807) is 42.0 Å². The molecule has 4 rings (SSSR count). The van der Waals surface area contributed by atoms with Crippen LogP contribution in [-0.4, -0.2) is 27.3 Å². The summed E-state index contributed by atoms with van der Waals surface area (Å²) < 4.78 is 7.67. The van der Waals surface area contributed by atoms with Crippen LogP contribution in [0, 0.1) is 11.8 Å². The van der Waals surface area contributed by atoms with Crippen LogP contribution in [0.4, 0.5) is 0 Å². The second-order valence-corrected chi connectivity index (χ2v) is 6.61. The van der Waals surface area contributed by atoms with E-state index >= 15 is 0 Å². The molecule has 0 saturated carbocycles. The Morgan fingerprint density at radius 2 is 1.97 bits per heavy atom. The molecule has 7 heteroatoms. The molecule has 0 saturated heterocycles. The second-order valence-electron chi connectivity index (χ2n) is 6.61. The minimum Gasteiger partial charge on any atom is -0.462 e. The van der Waals surface area contributed by atoms with Crippen molar-refractivity contribution in [2.75, 3.05) is 6.61 Å². The number of aromatic nitrogens is 3. The fourth-order valence-corrected chi connectivity index (χ4v) is 3.13. The number of pyridine rings is 3. The lowest BCUT2D eigenvalue weighted by Crippen LogP contribution is -2.28. The van der Waals surface area contributed by atoms with Crippen molar-refractivity contribution in [2.24, 2.45) is 0 Å². The van der Waals surface area contributed by atoms with E-state index in [-0.39, 0.29) is 12.2 Å². The molecular weight excluding hydrogens is 394 g/mol. The van der Waals surface area contributed by atoms with Gasteiger partial charge in [0, 0.05) is 34.4 Å². The zero-order valence-corrected chi connectivity index (χ0v) is 16.6. The number of hydrogen-bond donors (Lipinski definition) is 1. The molecule has 0 aliphatic heterocycles. The molecule has 0 amide bonds. The molecule has 1 aromatic carbocycles. The van der Waals surface area contributed by atoms with E-state index in [4.69, 9.17) is 4.74 Å². The third kappa shape index (κ3) is 4.14. The van der Waals surface area contributed by atoms with Gasteiger partial charge in [-0.3, -0.25) is 10.0 Å². The number of carbonyl (C=O) groups is 1. The highest BCUT2D eigenvalue weighted by Gasteiger charge is 2.17. The van der Waals surface area contributed by atoms with Crippen LogP contribution in [0.15, 0.2) is 78.1 Å². The maximum Gasteiger partial charge on any atom is 0.343 e. The molecule has 0 aliphatic carbocycles. The largest absolute Gasteiger partial charge is 0.462 e. The Kier molecular flexibility index (Phi) is 5.45. The quantitative estimate of drug-likeness (QED) is 0.242. The third-order valence-corrected chi connectivity index (χ3v) is 4.52. The first kappa shape index (κ1) is 19.9. The van der Waals surface area contributed by atoms with Gasteiger partial charge < -0.3 is 9.30 Å². The highest BCUT2D eigenvalue weighted by molar-refractivity contribution is 5.93. The molecule has 0 unspecified atom stereocenters. The van der Waals surface area contributed by atoms with Crippen molar-refractivity contribution in [1.82, 2.24) is 9.55 Å². The maximum atomic E-state index is 12.8. The fraction of sp³-hybridized carbons (Fsp3) is 0.0833. The van der Waals surface area contributed by atoms with Gasteiger partial charge in [-0.1, -0.05) is 17.9 Å². The zero-order valence-electron chi connectivity index (χ0n) is 16.6. The van der Waals surface area contributed by atoms with Gasteiger partial charge in [0.15, 0.2) is 0 Å². The summed E-state index contributed by atoms with van der Waals surface area (Å²) in [5.74, 6) is 5.37. The standard InChI is InChI=1S/C24H18N3O4/c1-2-31-24(29)21-16-27(23-20(22(21)28)9-4-12-25-23)19-8-3-6-17(14-19)10-11-18-7-5-13-26(30)15-18/h3-9,12-16,30H,2H2,1H3/q+1. The molecule has 1 N–H and O–H groups in total. The molecule has 3 aromatic heterocycles. The van der Waals surface area contributed by atoms with Gasteiger partial charge in [-0.15, -0.1) is 0 Å². The first-order valence-electron chi connectivity index (χ1n) is 9.57. The third-order valence-electron chi connectivity index (χ3n) is 4.52. The lowest BCUT2D eigenvalue weighted by Gasteiger charge is -2.12. The molecule has 0 bridgehead atoms. The van der Waals surface area contributed by atoms with E-state index in [2.05, 4.69) is 16.8 Å². The molecule has 0 fully saturated rings. The van der Waals surface area contributed by atoms with Crippen LogP contribution in [-0.2, 0) is 4.74 Å². The Labute approximate surface area is 177 Å². The topological polar surface area (TPSA) is 85.3 Å². The Morgan fingerprint density at radius 3 is 2.77 bits per heavy atom. The number of nitrogens with zero attached hydrogens (tertiary/aromatic N) is 3. The van der Waals surface area contributed by atoms with Gasteiger partial charge in [0.2, 0.25) is 17.8 Å². The monoisotopic (exact) mass is 412 g/mol. The van der Waals surface area contributed by atoms with Crippen molar-refractivity contribution in [2.45, 2.75) is 6.92 Å². The van der Waals surface area contributed by atoms with Crippen LogP contribution in [0.2, 0.25) is 0 Å². The summed E-state index contributed by atoms with van der Waals surface area (Å²) in [5, 5.41) is 9.83. The molecule has 4 aromatic rings. The molecule has 0 atom stereocenters. The minimum absolute atomic E-state index is 0.0596. The van der Waals surface area contributed by atoms with Crippen LogP contribution in [0.25, 0.3) is 16.7 Å². The Balaban J connectivity index is 1.84. The molecule has 7 nitrogen and oxygen atoms in total. The predicted molar refractivity (Wildman–Crippen MR) is 113 cm³/mol. The SMILES string of the molecule is CCOC(=O)c1cn(-c2cccc(C#Cc3ccc[n+](O)c3)c2)c2ncccc2c1=O. The minimum atomic E-state index is -0.677. The van der Waals surface area contributed by atoms with Crippen molar-refractivity contribution >= 4 is 17.0 Å². The summed E-state index contributed by atoms with van der Waals surface area (Å²) in [4.78, 5) is 29.5. The number of carbonyl (C=O) groups excluding carboxylic acids is 1. The molecule has 31 heavy (non-hydrogen) atoms. The first-order valence-corrected chi connectivity index (χ1v) is 9.57. The van der Waals surface area contributed by atoms with Crippen molar-refractivity contribution in [3.63, 3.8) is 0 Å². The number of hydrogen-bond acceptors (Lipinski definition) is 5. The normalized spacial score (nSPS) is 10.4. The maximum absolute atomic E-state index is 12.8. The average Bonchev–Trinajstić information content (AvgIpc) is 2.78. The number of benzene rings is 1. The smallest absolute Gasteiger partial charge is 0.343 e. The van der Waals surface area contributed by atoms with Gasteiger partial charge in [-0.25, -0.2) is 9.78 Å². The number of ether oxygens (including phenoxy) is 1. The van der Waals surface area contributed by atoms with Gasteiger partial charge in [0.05, 0.1) is 17.6 Å². The molecule has 0 spiro atoms. The van der Waals surface area contributed by atoms with E-state index in [0.717, 1.165) is 4.73 Å². The molecular formula is C24H18N3O4+. The van der Waals surface area contributed by atoms with Crippen molar-refractivity contribution < 1.29 is 19.5 Å². The van der Waals surface area contributed by atoms with E-state index in [0.29, 0.717) is 27.8 Å². The van der Waals surface area contributed by atoms with Crippen LogP contribution >= 0.6 is 0 Å². The fourth-order valence-electron chi connectivity index (χ4n) is 3.13. The lowest BCUT2D eigenvalue weighted by molar-refractivity contribution is -0.904. The van der Waals surface area contributed by atoms with E-state index in [1.165, 1.54) is 18.6 Å². The van der Waals surface area contributed by atoms with Gasteiger partial charge >= 0.3 is 5.97 Å². The zero-order chi connectivity index (χ0) is 21.8. The van der Waals surface area contributed by atoms with Crippen molar-refractivity contribution in [3.05, 3.63) is 100 Å². The molecule has 0 aliphatic rings. The second kappa shape index (κ2) is 8.51. The molecule has 3 heterocycles. The number of esters is 1. The Morgan fingerprint density at radius 1 is 1.16 bits per heavy atom. The van der Waals surface area contributed by atoms with Crippen LogP contribution in [0.5, 0.6) is 0 Å². The van der Waals surface area contributed by atoms with Crippen molar-refractivity contribution in [1.29, 1.82) is 0 Å². The van der Waals surface area contributed by atoms with E-state index in [1.807, 2.05) is 24.3 Å². The van der Waals surface area contributed by atoms with Gasteiger partial charge in [-0.05, 0) is 43.3 Å². The molecule has 0 radical (unpaired) electrons. The lowest BCUT2D eigenvalue weighted by atomic mass is 10.1. The molecule has 152 valence electrons. The van der Waals surface area contributed by atoms with E-state index in [9.17, 15) is 14.8 Å². The predicted octanol–water partition coefficient (Wildman–Crippen LogP) is 2.49. The summed E-state index contributed by atoms with van der Waals surface area (Å²) in [6, 6.07) is 14.1. The average molecular weight is 412 g/mol. The van der Waals surface area contributed by atoms with Crippen LogP contribution in [0.1, 0.15) is 28.4 Å². The summed E-state index contributed by atoms with van der Waals surface area (Å²) in [5.41, 5.74) is 1.99. The highest BCUT2D eigenvalue weighted by atomic mass is 16.5. The van der Waals surface area contributed by atoms with Gasteiger partial charge in [-0.2, -0.15) is 0 Å². The summed E-state index contributed by atoms with van der Waals surface area (Å²) in [6.45, 7) is 1.86. The van der Waals surface area contributed by atoms with Crippen LogP contribution < -0.4 is 10.2 Å². The Hall–Kier alpha value is -4.44. The Bertz CT molecular complexity index is 1410. The summed E-state index contributed by atoms with van der Waals surface area (Å²) in [7, 11) is 0. The van der Waals surface area contributed by atoms with Gasteiger partial charge in [0.25, 0.3) is 0 Å². The first-order chi connectivity index (χ1) is 15.1. The van der Waals surface area contributed by atoms with E-state index < -0.39 is 11.4 Å². The summed E-state index contributed by atoms with van der Waals surface area (Å²) in [6.07, 6.45) is 6.04.